The van der Waals surface area contributed by atoms with Crippen molar-refractivity contribution in [2.75, 3.05) is 6.61 Å². The van der Waals surface area contributed by atoms with E-state index in [2.05, 4.69) is 0 Å². The molecule has 0 unspecified atom stereocenters. The van der Waals surface area contributed by atoms with Crippen LogP contribution in [0.15, 0.2) is 30.3 Å². The van der Waals surface area contributed by atoms with Crippen LogP contribution in [-0.4, -0.2) is 18.5 Å². The van der Waals surface area contributed by atoms with E-state index in [-0.39, 0.29) is 23.7 Å². The SMILES string of the molecule is CCOC(=O)c1sc2cccc(Cl)c2c1COc1c(F)cc(C(N)=O)cc1F. The van der Waals surface area contributed by atoms with Gasteiger partial charge in [0.05, 0.1) is 6.61 Å². The van der Waals surface area contributed by atoms with Crippen molar-refractivity contribution in [3.05, 3.63) is 63.0 Å². The van der Waals surface area contributed by atoms with Gasteiger partial charge in [-0.05, 0) is 31.2 Å². The van der Waals surface area contributed by atoms with E-state index >= 15 is 0 Å². The Morgan fingerprint density at radius 2 is 1.89 bits per heavy atom. The van der Waals surface area contributed by atoms with Crippen LogP contribution >= 0.6 is 22.9 Å². The standard InChI is InChI=1S/C19H14ClF2NO4S/c1-2-26-19(25)17-10(15-11(20)4-3-5-14(15)28-17)8-27-16-12(21)6-9(18(23)24)7-13(16)22/h3-7H,2,8H2,1H3,(H2,23,24). The predicted molar refractivity (Wildman–Crippen MR) is 102 cm³/mol. The molecular formula is C19H14ClF2NO4S. The average Bonchev–Trinajstić information content (AvgIpc) is 3.01. The maximum Gasteiger partial charge on any atom is 0.348 e. The Bertz CT molecular complexity index is 1060. The zero-order chi connectivity index (χ0) is 20.4. The summed E-state index contributed by atoms with van der Waals surface area (Å²) in [5.41, 5.74) is 5.08. The number of carbonyl (C=O) groups excluding carboxylic acids is 2. The lowest BCUT2D eigenvalue weighted by Gasteiger charge is -2.11. The summed E-state index contributed by atoms with van der Waals surface area (Å²) in [4.78, 5) is 23.6. The minimum absolute atomic E-state index is 0.166. The summed E-state index contributed by atoms with van der Waals surface area (Å²) < 4.78 is 39.4. The van der Waals surface area contributed by atoms with Crippen molar-refractivity contribution in [3.8, 4) is 5.75 Å². The molecule has 2 N–H and O–H groups in total. The third-order valence-corrected chi connectivity index (χ3v) is 5.36. The lowest BCUT2D eigenvalue weighted by atomic mass is 10.1. The smallest absolute Gasteiger partial charge is 0.348 e. The van der Waals surface area contributed by atoms with Gasteiger partial charge in [0.25, 0.3) is 0 Å². The van der Waals surface area contributed by atoms with Gasteiger partial charge in [0.2, 0.25) is 5.91 Å². The van der Waals surface area contributed by atoms with Crippen molar-refractivity contribution in [2.45, 2.75) is 13.5 Å². The Labute approximate surface area is 167 Å². The molecule has 3 rings (SSSR count). The monoisotopic (exact) mass is 425 g/mol. The molecule has 9 heteroatoms. The highest BCUT2D eigenvalue weighted by atomic mass is 35.5. The number of fused-ring (bicyclic) bond motifs is 1. The van der Waals surface area contributed by atoms with Gasteiger partial charge in [0, 0.05) is 26.2 Å². The molecule has 2 aromatic carbocycles. The molecule has 28 heavy (non-hydrogen) atoms. The number of hydrogen-bond acceptors (Lipinski definition) is 5. The Balaban J connectivity index is 2.02. The summed E-state index contributed by atoms with van der Waals surface area (Å²) in [6, 6.07) is 6.69. The second-order valence-electron chi connectivity index (χ2n) is 5.67. The highest BCUT2D eigenvalue weighted by Crippen LogP contribution is 2.37. The molecule has 0 bridgehead atoms. The number of nitrogens with two attached hydrogens (primary N) is 1. The predicted octanol–water partition coefficient (Wildman–Crippen LogP) is 4.69. The molecule has 1 amide bonds. The molecule has 0 saturated carbocycles. The highest BCUT2D eigenvalue weighted by molar-refractivity contribution is 7.21. The van der Waals surface area contributed by atoms with Crippen LogP contribution in [0.5, 0.6) is 5.75 Å². The van der Waals surface area contributed by atoms with Crippen LogP contribution in [-0.2, 0) is 11.3 Å². The number of rotatable bonds is 6. The van der Waals surface area contributed by atoms with E-state index in [9.17, 15) is 18.4 Å². The average molecular weight is 426 g/mol. The van der Waals surface area contributed by atoms with Gasteiger partial charge >= 0.3 is 5.97 Å². The zero-order valence-electron chi connectivity index (χ0n) is 14.6. The van der Waals surface area contributed by atoms with Crippen molar-refractivity contribution in [1.29, 1.82) is 0 Å². The van der Waals surface area contributed by atoms with Gasteiger partial charge in [-0.25, -0.2) is 13.6 Å². The van der Waals surface area contributed by atoms with Crippen LogP contribution in [0.3, 0.4) is 0 Å². The van der Waals surface area contributed by atoms with Crippen LogP contribution in [0.25, 0.3) is 10.1 Å². The van der Waals surface area contributed by atoms with Crippen molar-refractivity contribution < 1.29 is 27.8 Å². The minimum Gasteiger partial charge on any atom is -0.483 e. The van der Waals surface area contributed by atoms with E-state index in [0.717, 1.165) is 23.5 Å². The third kappa shape index (κ3) is 3.79. The number of esters is 1. The maximum atomic E-state index is 14.2. The van der Waals surface area contributed by atoms with E-state index in [0.29, 0.717) is 20.7 Å². The molecule has 1 heterocycles. The number of ether oxygens (including phenoxy) is 2. The van der Waals surface area contributed by atoms with Gasteiger partial charge in [0.1, 0.15) is 11.5 Å². The van der Waals surface area contributed by atoms with Gasteiger partial charge < -0.3 is 15.2 Å². The van der Waals surface area contributed by atoms with Gasteiger partial charge in [-0.15, -0.1) is 11.3 Å². The molecule has 0 atom stereocenters. The molecule has 1 aromatic heterocycles. The summed E-state index contributed by atoms with van der Waals surface area (Å²) in [5.74, 6) is -4.41. The molecule has 0 saturated heterocycles. The van der Waals surface area contributed by atoms with Crippen LogP contribution in [0, 0.1) is 11.6 Å². The normalized spacial score (nSPS) is 10.9. The first kappa shape index (κ1) is 20.0. The number of thiophene rings is 1. The number of hydrogen-bond donors (Lipinski definition) is 1. The van der Waals surface area contributed by atoms with Crippen molar-refractivity contribution in [2.24, 2.45) is 5.73 Å². The molecule has 0 radical (unpaired) electrons. The van der Waals surface area contributed by atoms with E-state index in [1.54, 1.807) is 25.1 Å². The van der Waals surface area contributed by atoms with Gasteiger partial charge in [0.15, 0.2) is 17.4 Å². The zero-order valence-corrected chi connectivity index (χ0v) is 16.1. The Hall–Kier alpha value is -2.71. The molecule has 0 aliphatic rings. The fourth-order valence-corrected chi connectivity index (χ4v) is 4.12. The molecule has 0 aliphatic carbocycles. The highest BCUT2D eigenvalue weighted by Gasteiger charge is 2.23. The number of amides is 1. The lowest BCUT2D eigenvalue weighted by Crippen LogP contribution is -2.13. The topological polar surface area (TPSA) is 78.6 Å². The maximum absolute atomic E-state index is 14.2. The van der Waals surface area contributed by atoms with Crippen molar-refractivity contribution in [3.63, 3.8) is 0 Å². The van der Waals surface area contributed by atoms with Crippen molar-refractivity contribution in [1.82, 2.24) is 0 Å². The van der Waals surface area contributed by atoms with Crippen LogP contribution in [0.4, 0.5) is 8.78 Å². The van der Waals surface area contributed by atoms with E-state index < -0.39 is 29.3 Å². The van der Waals surface area contributed by atoms with E-state index in [4.69, 9.17) is 26.8 Å². The summed E-state index contributed by atoms with van der Waals surface area (Å²) in [6.45, 7) is 1.50. The third-order valence-electron chi connectivity index (χ3n) is 3.87. The molecule has 0 fully saturated rings. The molecule has 146 valence electrons. The number of halogens is 3. The summed E-state index contributed by atoms with van der Waals surface area (Å²) in [7, 11) is 0. The molecule has 0 spiro atoms. The van der Waals surface area contributed by atoms with Crippen LogP contribution < -0.4 is 10.5 Å². The first-order valence-electron chi connectivity index (χ1n) is 8.12. The summed E-state index contributed by atoms with van der Waals surface area (Å²) >= 11 is 7.41. The largest absolute Gasteiger partial charge is 0.483 e. The second-order valence-corrected chi connectivity index (χ2v) is 7.12. The van der Waals surface area contributed by atoms with Gasteiger partial charge in [-0.1, -0.05) is 17.7 Å². The summed E-state index contributed by atoms with van der Waals surface area (Å²) in [6.07, 6.45) is 0. The molecule has 5 nitrogen and oxygen atoms in total. The molecular weight excluding hydrogens is 412 g/mol. The first-order valence-corrected chi connectivity index (χ1v) is 9.31. The fourth-order valence-electron chi connectivity index (χ4n) is 2.65. The van der Waals surface area contributed by atoms with Crippen molar-refractivity contribution >= 4 is 44.9 Å². The van der Waals surface area contributed by atoms with E-state index in [1.807, 2.05) is 0 Å². The van der Waals surface area contributed by atoms with E-state index in [1.165, 1.54) is 0 Å². The number of benzene rings is 2. The number of carbonyl (C=O) groups is 2. The van der Waals surface area contributed by atoms with Gasteiger partial charge in [-0.2, -0.15) is 0 Å². The Morgan fingerprint density at radius 3 is 2.50 bits per heavy atom. The van der Waals surface area contributed by atoms with Crippen LogP contribution in [0.1, 0.15) is 32.5 Å². The second kappa shape index (κ2) is 8.12. The lowest BCUT2D eigenvalue weighted by molar-refractivity contribution is 0.0529. The fraction of sp³-hybridized carbons (Fsp3) is 0.158. The number of primary amides is 1. The first-order chi connectivity index (χ1) is 13.3. The van der Waals surface area contributed by atoms with Crippen LogP contribution in [0.2, 0.25) is 5.02 Å². The Kier molecular flexibility index (Phi) is 5.81. The minimum atomic E-state index is -1.09. The molecule has 3 aromatic rings. The summed E-state index contributed by atoms with van der Waals surface area (Å²) in [5, 5.41) is 0.916. The quantitative estimate of drug-likeness (QED) is 0.581. The van der Waals surface area contributed by atoms with Gasteiger partial charge in [-0.3, -0.25) is 4.79 Å². The Morgan fingerprint density at radius 1 is 1.21 bits per heavy atom. The molecule has 0 aliphatic heterocycles.